The van der Waals surface area contributed by atoms with Gasteiger partial charge in [-0.2, -0.15) is 0 Å². The van der Waals surface area contributed by atoms with E-state index >= 15 is 0 Å². The van der Waals surface area contributed by atoms with Gasteiger partial charge in [0.05, 0.1) is 22.8 Å². The second-order valence-corrected chi connectivity index (χ2v) is 8.75. The highest BCUT2D eigenvalue weighted by Gasteiger charge is 2.52. The summed E-state index contributed by atoms with van der Waals surface area (Å²) in [5.74, 6) is 0.127. The maximum atomic E-state index is 12.8. The summed E-state index contributed by atoms with van der Waals surface area (Å²) in [5.41, 5.74) is 0.797. The summed E-state index contributed by atoms with van der Waals surface area (Å²) in [4.78, 5) is 35.9. The molecule has 3 aliphatic rings. The minimum absolute atomic E-state index is 0.0345. The number of hydrogen-bond acceptors (Lipinski definition) is 6. The van der Waals surface area contributed by atoms with Crippen molar-refractivity contribution in [3.63, 3.8) is 0 Å². The van der Waals surface area contributed by atoms with Crippen LogP contribution in [-0.2, 0) is 16.1 Å². The van der Waals surface area contributed by atoms with Crippen LogP contribution in [-0.4, -0.2) is 64.3 Å². The second kappa shape index (κ2) is 6.78. The number of thiazole rings is 1. The predicted octanol–water partition coefficient (Wildman–Crippen LogP) is 1.85. The molecule has 6 nitrogen and oxygen atoms in total. The van der Waals surface area contributed by atoms with E-state index in [1.54, 1.807) is 11.3 Å². The van der Waals surface area contributed by atoms with Crippen molar-refractivity contribution in [3.05, 3.63) is 16.1 Å². The molecule has 0 radical (unpaired) electrons. The molecule has 7 heteroatoms. The fraction of sp³-hybridized carbons (Fsp3) is 0.722. The minimum atomic E-state index is -0.346. The Balaban J connectivity index is 1.30. The molecule has 25 heavy (non-hydrogen) atoms. The zero-order chi connectivity index (χ0) is 17.4. The van der Waals surface area contributed by atoms with Crippen LogP contribution in [0.4, 0.5) is 0 Å². The Kier molecular flexibility index (Phi) is 4.64. The van der Waals surface area contributed by atoms with E-state index in [0.717, 1.165) is 69.1 Å². The number of imide groups is 1. The molecule has 2 aliphatic heterocycles. The van der Waals surface area contributed by atoms with Crippen LogP contribution in [0.25, 0.3) is 0 Å². The first-order valence-electron chi connectivity index (χ1n) is 9.26. The molecule has 0 aromatic carbocycles. The summed E-state index contributed by atoms with van der Waals surface area (Å²) in [6.45, 7) is 7.11. The zero-order valence-corrected chi connectivity index (χ0v) is 15.7. The Morgan fingerprint density at radius 1 is 1.12 bits per heavy atom. The van der Waals surface area contributed by atoms with E-state index in [-0.39, 0.29) is 17.2 Å². The number of carbonyl (C=O) groups excluding carboxylic acids is 2. The van der Waals surface area contributed by atoms with Gasteiger partial charge >= 0.3 is 0 Å². The first-order valence-corrected chi connectivity index (χ1v) is 10.1. The van der Waals surface area contributed by atoms with Crippen LogP contribution in [0.15, 0.2) is 5.38 Å². The largest absolute Gasteiger partial charge is 0.295 e. The highest BCUT2D eigenvalue weighted by Crippen LogP contribution is 2.46. The molecule has 0 bridgehead atoms. The molecule has 3 heterocycles. The van der Waals surface area contributed by atoms with Gasteiger partial charge < -0.3 is 0 Å². The number of rotatable bonds is 4. The molecule has 0 unspecified atom stereocenters. The van der Waals surface area contributed by atoms with E-state index in [1.807, 2.05) is 6.92 Å². The normalized spacial score (nSPS) is 24.8. The van der Waals surface area contributed by atoms with E-state index in [4.69, 9.17) is 0 Å². The summed E-state index contributed by atoms with van der Waals surface area (Å²) in [6.07, 6.45) is 4.40. The third-order valence-electron chi connectivity index (χ3n) is 5.91. The van der Waals surface area contributed by atoms with Crippen LogP contribution in [0.1, 0.15) is 42.8 Å². The summed E-state index contributed by atoms with van der Waals surface area (Å²) >= 11 is 1.69. The summed E-state index contributed by atoms with van der Waals surface area (Å²) in [7, 11) is 0. The third-order valence-corrected chi connectivity index (χ3v) is 6.73. The summed E-state index contributed by atoms with van der Waals surface area (Å²) in [6, 6.07) is 0. The standard InChI is InChI=1S/C18H26N4O2S/c1-14-19-15(12-25-14)11-20-6-8-21(9-7-20)13-22-16(23)10-18(17(22)24)4-2-3-5-18/h12H,2-11,13H2,1H3. The number of likely N-dealkylation sites (tertiary alicyclic amines) is 1. The molecule has 2 amide bonds. The highest BCUT2D eigenvalue weighted by atomic mass is 32.1. The molecule has 1 saturated carbocycles. The smallest absolute Gasteiger partial charge is 0.237 e. The third kappa shape index (κ3) is 3.37. The fourth-order valence-corrected chi connectivity index (χ4v) is 5.05. The highest BCUT2D eigenvalue weighted by molar-refractivity contribution is 7.09. The molecule has 1 spiro atoms. The Morgan fingerprint density at radius 3 is 2.44 bits per heavy atom. The van der Waals surface area contributed by atoms with Gasteiger partial charge in [-0.05, 0) is 19.8 Å². The van der Waals surface area contributed by atoms with Crippen molar-refractivity contribution >= 4 is 23.2 Å². The van der Waals surface area contributed by atoms with Gasteiger partial charge in [0, 0.05) is 44.5 Å². The van der Waals surface area contributed by atoms with Gasteiger partial charge in [0.2, 0.25) is 11.8 Å². The van der Waals surface area contributed by atoms with Crippen LogP contribution in [0.3, 0.4) is 0 Å². The van der Waals surface area contributed by atoms with Crippen molar-refractivity contribution < 1.29 is 9.59 Å². The molecule has 136 valence electrons. The Morgan fingerprint density at radius 2 is 1.80 bits per heavy atom. The molecule has 1 aliphatic carbocycles. The Hall–Kier alpha value is -1.31. The molecular formula is C18H26N4O2S. The van der Waals surface area contributed by atoms with E-state index in [9.17, 15) is 9.59 Å². The SMILES string of the molecule is Cc1nc(CN2CCN(CN3C(=O)CC4(CCCC4)C3=O)CC2)cs1. The first-order chi connectivity index (χ1) is 12.1. The summed E-state index contributed by atoms with van der Waals surface area (Å²) in [5, 5.41) is 3.24. The number of amides is 2. The lowest BCUT2D eigenvalue weighted by atomic mass is 9.85. The van der Waals surface area contributed by atoms with E-state index < -0.39 is 0 Å². The van der Waals surface area contributed by atoms with Crippen LogP contribution < -0.4 is 0 Å². The lowest BCUT2D eigenvalue weighted by molar-refractivity contribution is -0.144. The van der Waals surface area contributed by atoms with Crippen molar-refractivity contribution in [2.75, 3.05) is 32.8 Å². The number of hydrogen-bond donors (Lipinski definition) is 0. The van der Waals surface area contributed by atoms with E-state index in [2.05, 4.69) is 20.2 Å². The molecule has 3 fully saturated rings. The topological polar surface area (TPSA) is 56.8 Å². The van der Waals surface area contributed by atoms with Gasteiger partial charge in [-0.25, -0.2) is 4.98 Å². The molecule has 4 rings (SSSR count). The van der Waals surface area contributed by atoms with Gasteiger partial charge in [0.15, 0.2) is 0 Å². The number of piperazine rings is 1. The molecule has 1 aromatic rings. The number of aryl methyl sites for hydroxylation is 1. The van der Waals surface area contributed by atoms with Crippen molar-refractivity contribution in [1.82, 2.24) is 19.7 Å². The first kappa shape index (κ1) is 17.1. The van der Waals surface area contributed by atoms with Gasteiger partial charge in [-0.15, -0.1) is 11.3 Å². The van der Waals surface area contributed by atoms with Crippen LogP contribution in [0.5, 0.6) is 0 Å². The maximum Gasteiger partial charge on any atom is 0.237 e. The van der Waals surface area contributed by atoms with Gasteiger partial charge in [0.1, 0.15) is 0 Å². The van der Waals surface area contributed by atoms with Crippen molar-refractivity contribution in [2.45, 2.75) is 45.6 Å². The minimum Gasteiger partial charge on any atom is -0.295 e. The Bertz CT molecular complexity index is 660. The van der Waals surface area contributed by atoms with Crippen molar-refractivity contribution in [2.24, 2.45) is 5.41 Å². The van der Waals surface area contributed by atoms with Crippen LogP contribution in [0, 0.1) is 12.3 Å². The number of aromatic nitrogens is 1. The molecule has 2 saturated heterocycles. The average molecular weight is 362 g/mol. The average Bonchev–Trinajstić information content (AvgIpc) is 3.28. The lowest BCUT2D eigenvalue weighted by Crippen LogP contribution is -2.51. The Labute approximate surface area is 152 Å². The van der Waals surface area contributed by atoms with Crippen LogP contribution in [0.2, 0.25) is 0 Å². The monoisotopic (exact) mass is 362 g/mol. The summed E-state index contributed by atoms with van der Waals surface area (Å²) < 4.78 is 0. The van der Waals surface area contributed by atoms with Crippen LogP contribution >= 0.6 is 11.3 Å². The fourth-order valence-electron chi connectivity index (χ4n) is 4.44. The van der Waals surface area contributed by atoms with E-state index in [0.29, 0.717) is 13.1 Å². The quantitative estimate of drug-likeness (QED) is 0.765. The molecule has 0 N–H and O–H groups in total. The van der Waals surface area contributed by atoms with Crippen molar-refractivity contribution in [1.29, 1.82) is 0 Å². The lowest BCUT2D eigenvalue weighted by Gasteiger charge is -2.36. The molecular weight excluding hydrogens is 336 g/mol. The molecule has 0 atom stereocenters. The zero-order valence-electron chi connectivity index (χ0n) is 14.9. The maximum absolute atomic E-state index is 12.8. The van der Waals surface area contributed by atoms with Gasteiger partial charge in [-0.1, -0.05) is 12.8 Å². The number of carbonyl (C=O) groups is 2. The van der Waals surface area contributed by atoms with Gasteiger partial charge in [0.25, 0.3) is 0 Å². The number of nitrogens with zero attached hydrogens (tertiary/aromatic N) is 4. The molecule has 1 aromatic heterocycles. The second-order valence-electron chi connectivity index (χ2n) is 7.68. The van der Waals surface area contributed by atoms with E-state index in [1.165, 1.54) is 4.90 Å². The van der Waals surface area contributed by atoms with Gasteiger partial charge in [-0.3, -0.25) is 24.3 Å². The van der Waals surface area contributed by atoms with Crippen molar-refractivity contribution in [3.8, 4) is 0 Å². The predicted molar refractivity (Wildman–Crippen MR) is 95.9 cm³/mol.